The SMILES string of the molecule is COC(=O)c1ccc([C@H]([NH3+])CC(=O)[O-])cc1. The summed E-state index contributed by atoms with van der Waals surface area (Å²) in [5.74, 6) is -1.57. The third-order valence-corrected chi connectivity index (χ3v) is 2.22. The fourth-order valence-electron chi connectivity index (χ4n) is 1.33. The highest BCUT2D eigenvalue weighted by Crippen LogP contribution is 2.13. The zero-order chi connectivity index (χ0) is 12.1. The van der Waals surface area contributed by atoms with Gasteiger partial charge >= 0.3 is 5.97 Å². The van der Waals surface area contributed by atoms with Crippen LogP contribution in [0.2, 0.25) is 0 Å². The van der Waals surface area contributed by atoms with Gasteiger partial charge in [-0.3, -0.25) is 0 Å². The Morgan fingerprint density at radius 2 is 1.94 bits per heavy atom. The highest BCUT2D eigenvalue weighted by molar-refractivity contribution is 5.89. The van der Waals surface area contributed by atoms with Crippen molar-refractivity contribution in [2.75, 3.05) is 7.11 Å². The first-order valence-electron chi connectivity index (χ1n) is 4.75. The minimum Gasteiger partial charge on any atom is -0.550 e. The second-order valence-corrected chi connectivity index (χ2v) is 3.39. The molecular formula is C11H13NO4. The molecule has 0 bridgehead atoms. The van der Waals surface area contributed by atoms with Crippen LogP contribution in [-0.4, -0.2) is 19.0 Å². The first-order chi connectivity index (χ1) is 7.54. The smallest absolute Gasteiger partial charge is 0.337 e. The van der Waals surface area contributed by atoms with Gasteiger partial charge in [0.05, 0.1) is 12.7 Å². The standard InChI is InChI=1S/C11H13NO4/c1-16-11(15)8-4-2-7(3-5-8)9(12)6-10(13)14/h2-5,9H,6,12H2,1H3,(H,13,14)/t9-/m1/s1. The van der Waals surface area contributed by atoms with Gasteiger partial charge in [-0.1, -0.05) is 12.1 Å². The van der Waals surface area contributed by atoms with Gasteiger partial charge in [0.1, 0.15) is 6.04 Å². The van der Waals surface area contributed by atoms with E-state index in [-0.39, 0.29) is 12.5 Å². The number of hydrogen-bond donors (Lipinski definition) is 1. The van der Waals surface area contributed by atoms with Crippen LogP contribution in [0.3, 0.4) is 0 Å². The number of carbonyl (C=O) groups is 2. The Morgan fingerprint density at radius 1 is 1.38 bits per heavy atom. The van der Waals surface area contributed by atoms with Crippen molar-refractivity contribution in [2.45, 2.75) is 12.5 Å². The van der Waals surface area contributed by atoms with Gasteiger partial charge in [0.25, 0.3) is 0 Å². The van der Waals surface area contributed by atoms with Gasteiger partial charge in [0, 0.05) is 18.0 Å². The molecule has 0 saturated heterocycles. The predicted octanol–water partition coefficient (Wildman–Crippen LogP) is -1.10. The third-order valence-electron chi connectivity index (χ3n) is 2.22. The van der Waals surface area contributed by atoms with E-state index in [2.05, 4.69) is 10.5 Å². The molecule has 1 atom stereocenters. The van der Waals surface area contributed by atoms with E-state index >= 15 is 0 Å². The minimum absolute atomic E-state index is 0.141. The van der Waals surface area contributed by atoms with Crippen LogP contribution in [0.5, 0.6) is 0 Å². The summed E-state index contributed by atoms with van der Waals surface area (Å²) in [7, 11) is 1.30. The Bertz CT molecular complexity index is 385. The summed E-state index contributed by atoms with van der Waals surface area (Å²) in [5.41, 5.74) is 4.88. The molecule has 0 radical (unpaired) electrons. The first-order valence-corrected chi connectivity index (χ1v) is 4.75. The number of methoxy groups -OCH3 is 1. The quantitative estimate of drug-likeness (QED) is 0.655. The number of rotatable bonds is 4. The van der Waals surface area contributed by atoms with Crippen molar-refractivity contribution in [3.63, 3.8) is 0 Å². The Labute approximate surface area is 92.8 Å². The molecule has 86 valence electrons. The molecular weight excluding hydrogens is 210 g/mol. The molecule has 16 heavy (non-hydrogen) atoms. The van der Waals surface area contributed by atoms with Crippen molar-refractivity contribution < 1.29 is 25.2 Å². The number of carbonyl (C=O) groups excluding carboxylic acids is 2. The summed E-state index contributed by atoms with van der Waals surface area (Å²) in [5, 5.41) is 10.4. The normalized spacial score (nSPS) is 11.9. The lowest BCUT2D eigenvalue weighted by molar-refractivity contribution is -0.430. The molecule has 0 spiro atoms. The summed E-state index contributed by atoms with van der Waals surface area (Å²) >= 11 is 0. The van der Waals surface area contributed by atoms with Crippen LogP contribution < -0.4 is 10.8 Å². The Kier molecular flexibility index (Phi) is 4.02. The number of carboxylic acid groups (broad SMARTS) is 1. The Hall–Kier alpha value is -1.88. The Morgan fingerprint density at radius 3 is 2.38 bits per heavy atom. The highest BCUT2D eigenvalue weighted by atomic mass is 16.5. The zero-order valence-corrected chi connectivity index (χ0v) is 8.93. The van der Waals surface area contributed by atoms with Crippen LogP contribution in [0.1, 0.15) is 28.4 Å². The van der Waals surface area contributed by atoms with Crippen LogP contribution in [0.15, 0.2) is 24.3 Å². The van der Waals surface area contributed by atoms with E-state index < -0.39 is 11.9 Å². The molecule has 0 aliphatic rings. The molecule has 5 nitrogen and oxygen atoms in total. The van der Waals surface area contributed by atoms with E-state index in [0.717, 1.165) is 5.56 Å². The van der Waals surface area contributed by atoms with Gasteiger partial charge in [-0.05, 0) is 12.1 Å². The van der Waals surface area contributed by atoms with E-state index in [1.165, 1.54) is 7.11 Å². The number of carboxylic acids is 1. The average Bonchev–Trinajstić information content (AvgIpc) is 2.27. The molecule has 0 heterocycles. The van der Waals surface area contributed by atoms with Gasteiger partial charge in [0.15, 0.2) is 0 Å². The predicted molar refractivity (Wildman–Crippen MR) is 53.0 cm³/mol. The topological polar surface area (TPSA) is 94.1 Å². The van der Waals surface area contributed by atoms with E-state index in [4.69, 9.17) is 0 Å². The zero-order valence-electron chi connectivity index (χ0n) is 8.93. The van der Waals surface area contributed by atoms with Crippen molar-refractivity contribution >= 4 is 11.9 Å². The van der Waals surface area contributed by atoms with Gasteiger partial charge in [0.2, 0.25) is 0 Å². The molecule has 1 rings (SSSR count). The first kappa shape index (κ1) is 12.2. The maximum atomic E-state index is 11.1. The van der Waals surface area contributed by atoms with Crippen molar-refractivity contribution in [1.29, 1.82) is 0 Å². The highest BCUT2D eigenvalue weighted by Gasteiger charge is 2.11. The van der Waals surface area contributed by atoms with E-state index in [9.17, 15) is 14.7 Å². The summed E-state index contributed by atoms with van der Waals surface area (Å²) < 4.78 is 4.54. The second kappa shape index (κ2) is 5.27. The molecule has 0 fully saturated rings. The summed E-state index contributed by atoms with van der Waals surface area (Å²) in [6.07, 6.45) is -0.141. The lowest BCUT2D eigenvalue weighted by Crippen LogP contribution is -2.55. The maximum absolute atomic E-state index is 11.1. The summed E-state index contributed by atoms with van der Waals surface area (Å²) in [6, 6.07) is 6.10. The molecule has 0 aliphatic carbocycles. The fourth-order valence-corrected chi connectivity index (χ4v) is 1.33. The van der Waals surface area contributed by atoms with Gasteiger partial charge in [-0.25, -0.2) is 4.79 Å². The van der Waals surface area contributed by atoms with Crippen molar-refractivity contribution in [3.05, 3.63) is 35.4 Å². The molecule has 0 saturated carbocycles. The number of ether oxygens (including phenoxy) is 1. The number of aliphatic carboxylic acids is 1. The molecule has 1 aromatic rings. The summed E-state index contributed by atoms with van der Waals surface area (Å²) in [4.78, 5) is 21.5. The van der Waals surface area contributed by atoms with Gasteiger partial charge in [-0.2, -0.15) is 0 Å². The van der Waals surface area contributed by atoms with E-state index in [0.29, 0.717) is 5.56 Å². The van der Waals surface area contributed by atoms with Crippen molar-refractivity contribution in [1.82, 2.24) is 0 Å². The largest absolute Gasteiger partial charge is 0.550 e. The van der Waals surface area contributed by atoms with Crippen LogP contribution in [-0.2, 0) is 9.53 Å². The number of quaternary nitrogens is 1. The second-order valence-electron chi connectivity index (χ2n) is 3.39. The van der Waals surface area contributed by atoms with E-state index in [1.54, 1.807) is 24.3 Å². The van der Waals surface area contributed by atoms with Crippen LogP contribution >= 0.6 is 0 Å². The van der Waals surface area contributed by atoms with Crippen molar-refractivity contribution in [2.24, 2.45) is 0 Å². The summed E-state index contributed by atoms with van der Waals surface area (Å²) in [6.45, 7) is 0. The molecule has 0 aliphatic heterocycles. The molecule has 0 amide bonds. The minimum atomic E-state index is -1.14. The third kappa shape index (κ3) is 3.06. The van der Waals surface area contributed by atoms with Gasteiger partial charge < -0.3 is 20.4 Å². The monoisotopic (exact) mass is 223 g/mol. The molecule has 5 heteroatoms. The molecule has 0 unspecified atom stereocenters. The maximum Gasteiger partial charge on any atom is 0.337 e. The fraction of sp³-hybridized carbons (Fsp3) is 0.273. The van der Waals surface area contributed by atoms with Crippen LogP contribution in [0, 0.1) is 0 Å². The molecule has 1 aromatic carbocycles. The lowest BCUT2D eigenvalue weighted by atomic mass is 10.0. The average molecular weight is 223 g/mol. The van der Waals surface area contributed by atoms with E-state index in [1.807, 2.05) is 0 Å². The molecule has 3 N–H and O–H groups in total. The van der Waals surface area contributed by atoms with Crippen molar-refractivity contribution in [3.8, 4) is 0 Å². The lowest BCUT2D eigenvalue weighted by Gasteiger charge is -2.09. The van der Waals surface area contributed by atoms with Crippen LogP contribution in [0.25, 0.3) is 0 Å². The molecule has 0 aromatic heterocycles. The Balaban J connectivity index is 2.78. The number of esters is 1. The van der Waals surface area contributed by atoms with Gasteiger partial charge in [-0.15, -0.1) is 0 Å². The number of benzene rings is 1. The van der Waals surface area contributed by atoms with Crippen LogP contribution in [0.4, 0.5) is 0 Å². The number of hydrogen-bond acceptors (Lipinski definition) is 4.